The van der Waals surface area contributed by atoms with Crippen LogP contribution in [0.1, 0.15) is 19.8 Å². The number of halogens is 1. The molecule has 1 N–H and O–H groups in total. The normalized spacial score (nSPS) is 18.3. The van der Waals surface area contributed by atoms with Crippen molar-refractivity contribution >= 4 is 17.3 Å². The lowest BCUT2D eigenvalue weighted by Crippen LogP contribution is -2.11. The topological polar surface area (TPSA) is 12.0 Å². The summed E-state index contributed by atoms with van der Waals surface area (Å²) in [6.45, 7) is 3.39. The van der Waals surface area contributed by atoms with E-state index < -0.39 is 0 Å². The second-order valence-corrected chi connectivity index (χ2v) is 4.61. The fourth-order valence-corrected chi connectivity index (χ4v) is 1.40. The van der Waals surface area contributed by atoms with Crippen molar-refractivity contribution in [2.45, 2.75) is 19.8 Å². The second-order valence-electron chi connectivity index (χ2n) is 4.17. The Bertz CT molecular complexity index is 287. The van der Waals surface area contributed by atoms with Gasteiger partial charge in [-0.05, 0) is 42.5 Å². The van der Waals surface area contributed by atoms with E-state index in [0.29, 0.717) is 5.41 Å². The highest BCUT2D eigenvalue weighted by molar-refractivity contribution is 6.30. The zero-order valence-electron chi connectivity index (χ0n) is 7.81. The third-order valence-corrected chi connectivity index (χ3v) is 2.92. The Hall–Kier alpha value is -0.690. The fourth-order valence-electron chi connectivity index (χ4n) is 1.27. The minimum atomic E-state index is 0.555. The third kappa shape index (κ3) is 2.38. The average molecular weight is 196 g/mol. The maximum Gasteiger partial charge on any atom is 0.0407 e. The molecule has 1 fully saturated rings. The minimum Gasteiger partial charge on any atom is -0.384 e. The van der Waals surface area contributed by atoms with Crippen LogP contribution in [-0.4, -0.2) is 6.54 Å². The molecule has 0 atom stereocenters. The van der Waals surface area contributed by atoms with E-state index in [1.165, 1.54) is 12.8 Å². The highest BCUT2D eigenvalue weighted by Crippen LogP contribution is 2.44. The summed E-state index contributed by atoms with van der Waals surface area (Å²) < 4.78 is 0. The van der Waals surface area contributed by atoms with Gasteiger partial charge in [-0.3, -0.25) is 0 Å². The van der Waals surface area contributed by atoms with E-state index in [4.69, 9.17) is 11.6 Å². The molecular weight excluding hydrogens is 182 g/mol. The second kappa shape index (κ2) is 3.22. The molecule has 0 aliphatic heterocycles. The van der Waals surface area contributed by atoms with Crippen molar-refractivity contribution in [3.8, 4) is 0 Å². The Kier molecular flexibility index (Phi) is 2.20. The first-order valence-electron chi connectivity index (χ1n) is 4.67. The number of hydrogen-bond acceptors (Lipinski definition) is 1. The summed E-state index contributed by atoms with van der Waals surface area (Å²) >= 11 is 5.79. The van der Waals surface area contributed by atoms with E-state index in [0.717, 1.165) is 17.3 Å². The van der Waals surface area contributed by atoms with Crippen LogP contribution in [0.25, 0.3) is 0 Å². The van der Waals surface area contributed by atoms with Gasteiger partial charge in [0.05, 0.1) is 0 Å². The molecule has 2 heteroatoms. The summed E-state index contributed by atoms with van der Waals surface area (Å²) in [6, 6.07) is 7.88. The molecule has 0 amide bonds. The van der Waals surface area contributed by atoms with Crippen LogP contribution >= 0.6 is 11.6 Å². The molecule has 0 aromatic heterocycles. The summed E-state index contributed by atoms with van der Waals surface area (Å²) in [5.74, 6) is 0. The van der Waals surface area contributed by atoms with Gasteiger partial charge in [0.1, 0.15) is 0 Å². The average Bonchev–Trinajstić information content (AvgIpc) is 2.84. The Morgan fingerprint density at radius 1 is 1.31 bits per heavy atom. The summed E-state index contributed by atoms with van der Waals surface area (Å²) in [7, 11) is 0. The Morgan fingerprint density at radius 2 is 1.92 bits per heavy atom. The Balaban J connectivity index is 1.91. The fraction of sp³-hybridized carbons (Fsp3) is 0.455. The van der Waals surface area contributed by atoms with E-state index in [1.807, 2.05) is 24.3 Å². The molecule has 1 aromatic rings. The lowest BCUT2D eigenvalue weighted by molar-refractivity contribution is 0.611. The molecule has 0 saturated heterocycles. The van der Waals surface area contributed by atoms with Crippen LogP contribution in [0.5, 0.6) is 0 Å². The lowest BCUT2D eigenvalue weighted by atomic mass is 10.1. The van der Waals surface area contributed by atoms with Gasteiger partial charge < -0.3 is 5.32 Å². The first-order chi connectivity index (χ1) is 6.18. The van der Waals surface area contributed by atoms with Gasteiger partial charge in [-0.15, -0.1) is 0 Å². The lowest BCUT2D eigenvalue weighted by Gasteiger charge is -2.10. The predicted octanol–water partition coefficient (Wildman–Crippen LogP) is 3.55. The van der Waals surface area contributed by atoms with Gasteiger partial charge in [-0.1, -0.05) is 18.5 Å². The number of benzene rings is 1. The molecule has 0 bridgehead atoms. The van der Waals surface area contributed by atoms with E-state index in [9.17, 15) is 0 Å². The molecule has 0 unspecified atom stereocenters. The largest absolute Gasteiger partial charge is 0.384 e. The highest BCUT2D eigenvalue weighted by atomic mass is 35.5. The van der Waals surface area contributed by atoms with Crippen LogP contribution in [0, 0.1) is 5.41 Å². The van der Waals surface area contributed by atoms with E-state index in [2.05, 4.69) is 12.2 Å². The third-order valence-electron chi connectivity index (χ3n) is 2.67. The van der Waals surface area contributed by atoms with Gasteiger partial charge in [0, 0.05) is 17.3 Å². The van der Waals surface area contributed by atoms with E-state index >= 15 is 0 Å². The maximum absolute atomic E-state index is 5.79. The molecule has 2 rings (SSSR count). The van der Waals surface area contributed by atoms with E-state index in [1.54, 1.807) is 0 Å². The molecule has 0 spiro atoms. The van der Waals surface area contributed by atoms with E-state index in [-0.39, 0.29) is 0 Å². The van der Waals surface area contributed by atoms with Gasteiger partial charge in [-0.2, -0.15) is 0 Å². The molecule has 1 saturated carbocycles. The number of rotatable bonds is 3. The monoisotopic (exact) mass is 195 g/mol. The molecule has 1 aliphatic carbocycles. The molecule has 70 valence electrons. The predicted molar refractivity (Wildman–Crippen MR) is 57.3 cm³/mol. The number of hydrogen-bond donors (Lipinski definition) is 1. The van der Waals surface area contributed by atoms with Crippen molar-refractivity contribution in [2.24, 2.45) is 5.41 Å². The molecule has 13 heavy (non-hydrogen) atoms. The van der Waals surface area contributed by atoms with Crippen LogP contribution in [0.2, 0.25) is 5.02 Å². The van der Waals surface area contributed by atoms with Crippen LogP contribution in [0.3, 0.4) is 0 Å². The summed E-state index contributed by atoms with van der Waals surface area (Å²) in [6.07, 6.45) is 2.71. The van der Waals surface area contributed by atoms with Crippen molar-refractivity contribution in [3.05, 3.63) is 29.3 Å². The number of nitrogens with one attached hydrogen (secondary N) is 1. The minimum absolute atomic E-state index is 0.555. The Morgan fingerprint density at radius 3 is 2.46 bits per heavy atom. The van der Waals surface area contributed by atoms with Crippen LogP contribution in [0.4, 0.5) is 5.69 Å². The van der Waals surface area contributed by atoms with Gasteiger partial charge in [-0.25, -0.2) is 0 Å². The van der Waals surface area contributed by atoms with Gasteiger partial charge >= 0.3 is 0 Å². The standard InChI is InChI=1S/C11H14ClN/c1-11(6-7-11)8-13-10-4-2-9(12)3-5-10/h2-5,13H,6-8H2,1H3. The molecular formula is C11H14ClN. The van der Waals surface area contributed by atoms with Gasteiger partial charge in [0.15, 0.2) is 0 Å². The van der Waals surface area contributed by atoms with Crippen LogP contribution in [0.15, 0.2) is 24.3 Å². The first kappa shape index (κ1) is 8.89. The van der Waals surface area contributed by atoms with Gasteiger partial charge in [0.25, 0.3) is 0 Å². The Labute approximate surface area is 84.1 Å². The zero-order chi connectivity index (χ0) is 9.31. The van der Waals surface area contributed by atoms with Crippen molar-refractivity contribution in [2.75, 3.05) is 11.9 Å². The molecule has 1 aromatic carbocycles. The molecule has 0 heterocycles. The maximum atomic E-state index is 5.79. The molecule has 1 nitrogen and oxygen atoms in total. The summed E-state index contributed by atoms with van der Waals surface area (Å²) in [4.78, 5) is 0. The smallest absolute Gasteiger partial charge is 0.0407 e. The molecule has 1 aliphatic rings. The highest BCUT2D eigenvalue weighted by Gasteiger charge is 2.36. The summed E-state index contributed by atoms with van der Waals surface area (Å²) in [5.41, 5.74) is 1.72. The quantitative estimate of drug-likeness (QED) is 0.778. The van der Waals surface area contributed by atoms with Crippen LogP contribution in [-0.2, 0) is 0 Å². The zero-order valence-corrected chi connectivity index (χ0v) is 8.56. The van der Waals surface area contributed by atoms with Crippen molar-refractivity contribution < 1.29 is 0 Å². The van der Waals surface area contributed by atoms with Gasteiger partial charge in [0.2, 0.25) is 0 Å². The summed E-state index contributed by atoms with van der Waals surface area (Å²) in [5, 5.41) is 4.21. The van der Waals surface area contributed by atoms with Crippen LogP contribution < -0.4 is 5.32 Å². The van der Waals surface area contributed by atoms with Crippen molar-refractivity contribution in [1.29, 1.82) is 0 Å². The van der Waals surface area contributed by atoms with Crippen molar-refractivity contribution in [1.82, 2.24) is 0 Å². The molecule has 0 radical (unpaired) electrons. The SMILES string of the molecule is CC1(CNc2ccc(Cl)cc2)CC1. The first-order valence-corrected chi connectivity index (χ1v) is 5.05. The number of anilines is 1. The van der Waals surface area contributed by atoms with Crippen molar-refractivity contribution in [3.63, 3.8) is 0 Å².